The minimum absolute atomic E-state index is 0.0114. The topological polar surface area (TPSA) is 46.2 Å². The van der Waals surface area contributed by atoms with Crippen molar-refractivity contribution in [1.82, 2.24) is 0 Å². The molecular weight excluding hydrogens is 486 g/mol. The first-order valence-electron chi connectivity index (χ1n) is 12.0. The third kappa shape index (κ3) is 3.15. The monoisotopic (exact) mass is 511 g/mol. The van der Waals surface area contributed by atoms with Crippen molar-refractivity contribution in [2.45, 2.75) is 30.6 Å². The zero-order valence-corrected chi connectivity index (χ0v) is 20.4. The number of allylic oxidation sites excluding steroid dienone is 1. The van der Waals surface area contributed by atoms with Gasteiger partial charge in [-0.15, -0.1) is 0 Å². The third-order valence-corrected chi connectivity index (χ3v) is 8.74. The van der Waals surface area contributed by atoms with Crippen LogP contribution in [0.2, 0.25) is 0 Å². The number of halogens is 1. The van der Waals surface area contributed by atoms with Crippen molar-refractivity contribution in [1.29, 1.82) is 0 Å². The summed E-state index contributed by atoms with van der Waals surface area (Å²) in [5.74, 6) is 0.0416. The highest BCUT2D eigenvalue weighted by Gasteiger charge is 2.69. The number of amides is 1. The molecule has 5 unspecified atom stereocenters. The fourth-order valence-electron chi connectivity index (χ4n) is 7.10. The maximum Gasteiger partial charge on any atom is 0.236 e. The van der Waals surface area contributed by atoms with Crippen molar-refractivity contribution in [2.24, 2.45) is 17.8 Å². The minimum atomic E-state index is -0.848. The normalized spacial score (nSPS) is 29.4. The number of carbonyl (C=O) groups is 2. The molecule has 0 saturated heterocycles. The molecule has 3 aliphatic rings. The summed E-state index contributed by atoms with van der Waals surface area (Å²) in [6.45, 7) is 0. The van der Waals surface area contributed by atoms with Crippen LogP contribution in [0.25, 0.3) is 6.08 Å². The van der Waals surface area contributed by atoms with Gasteiger partial charge in [-0.1, -0.05) is 89.1 Å². The molecule has 2 saturated carbocycles. The second kappa shape index (κ2) is 8.35. The zero-order chi connectivity index (χ0) is 23.3. The van der Waals surface area contributed by atoms with Gasteiger partial charge in [-0.2, -0.15) is 0 Å². The molecule has 2 aliphatic carbocycles. The summed E-state index contributed by atoms with van der Waals surface area (Å²) < 4.78 is 0.936. The number of carbonyl (C=O) groups excluding carboxylic acids is 2. The predicted molar refractivity (Wildman–Crippen MR) is 138 cm³/mol. The first-order valence-corrected chi connectivity index (χ1v) is 12.8. The summed E-state index contributed by atoms with van der Waals surface area (Å²) in [6.07, 6.45) is 6.72. The lowest BCUT2D eigenvalue weighted by Gasteiger charge is -2.35. The van der Waals surface area contributed by atoms with Crippen LogP contribution in [-0.4, -0.2) is 11.7 Å². The average Bonchev–Trinajstić information content (AvgIpc) is 3.52. The van der Waals surface area contributed by atoms with E-state index in [-0.39, 0.29) is 23.5 Å². The fraction of sp³-hybridized carbons (Fsp3) is 0.267. The lowest BCUT2D eigenvalue weighted by atomic mass is 9.64. The molecule has 2 fully saturated rings. The Balaban J connectivity index is 1.55. The summed E-state index contributed by atoms with van der Waals surface area (Å²) in [5.41, 5.74) is 3.13. The number of rotatable bonds is 4. The van der Waals surface area contributed by atoms with Gasteiger partial charge in [0.1, 0.15) is 0 Å². The number of ketones is 1. The van der Waals surface area contributed by atoms with Gasteiger partial charge < -0.3 is 5.32 Å². The minimum Gasteiger partial charge on any atom is -0.325 e. The second-order valence-corrected chi connectivity index (χ2v) is 10.7. The molecule has 3 nitrogen and oxygen atoms in total. The highest BCUT2D eigenvalue weighted by atomic mass is 79.9. The van der Waals surface area contributed by atoms with Crippen LogP contribution in [0.3, 0.4) is 0 Å². The van der Waals surface area contributed by atoms with Gasteiger partial charge in [-0.25, -0.2) is 0 Å². The summed E-state index contributed by atoms with van der Waals surface area (Å²) in [6, 6.07) is 26.3. The highest BCUT2D eigenvalue weighted by Crippen LogP contribution is 2.67. The van der Waals surface area contributed by atoms with Gasteiger partial charge in [-0.3, -0.25) is 9.59 Å². The molecule has 170 valence electrons. The van der Waals surface area contributed by atoms with Crippen LogP contribution in [0.15, 0.2) is 89.4 Å². The molecule has 3 aromatic carbocycles. The lowest BCUT2D eigenvalue weighted by Crippen LogP contribution is -2.47. The van der Waals surface area contributed by atoms with Gasteiger partial charge in [0.15, 0.2) is 5.78 Å². The molecule has 1 amide bonds. The molecule has 0 bridgehead atoms. The van der Waals surface area contributed by atoms with Crippen molar-refractivity contribution in [3.63, 3.8) is 0 Å². The molecule has 3 aromatic rings. The van der Waals surface area contributed by atoms with Crippen LogP contribution in [-0.2, 0) is 15.0 Å². The Bertz CT molecular complexity index is 1290. The molecule has 4 heteroatoms. The number of benzene rings is 3. The van der Waals surface area contributed by atoms with Gasteiger partial charge in [0.05, 0.1) is 5.41 Å². The number of anilines is 1. The third-order valence-electron chi connectivity index (χ3n) is 8.25. The van der Waals surface area contributed by atoms with Crippen molar-refractivity contribution in [2.75, 3.05) is 5.32 Å². The summed E-state index contributed by atoms with van der Waals surface area (Å²) in [7, 11) is 0. The van der Waals surface area contributed by atoms with E-state index in [0.29, 0.717) is 5.92 Å². The quantitative estimate of drug-likeness (QED) is 0.393. The standard InChI is InChI=1S/C30H26BrNO2/c31-21-15-16-25-24(18-21)30(29(34)32-25)23-13-7-12-22(23)27(20-10-5-2-6-11-20)28(30)26(33)17-14-19-8-3-1-4-9-19/h1-6,8-11,14-18,22-23,27-28H,7,12-13H2,(H,32,34). The Kier molecular flexibility index (Phi) is 5.29. The Morgan fingerprint density at radius 3 is 2.47 bits per heavy atom. The number of nitrogens with one attached hydrogen (secondary N) is 1. The van der Waals surface area contributed by atoms with E-state index in [1.807, 2.05) is 66.7 Å². The van der Waals surface area contributed by atoms with Crippen LogP contribution < -0.4 is 5.32 Å². The van der Waals surface area contributed by atoms with E-state index in [1.54, 1.807) is 6.08 Å². The number of hydrogen-bond acceptors (Lipinski definition) is 2. The average molecular weight is 512 g/mol. The Morgan fingerprint density at radius 2 is 1.71 bits per heavy atom. The molecule has 5 atom stereocenters. The Morgan fingerprint density at radius 1 is 0.971 bits per heavy atom. The molecule has 1 N–H and O–H groups in total. The fourth-order valence-corrected chi connectivity index (χ4v) is 7.46. The largest absolute Gasteiger partial charge is 0.325 e. The molecule has 6 rings (SSSR count). The van der Waals surface area contributed by atoms with Gasteiger partial charge in [0, 0.05) is 16.1 Å². The molecule has 1 heterocycles. The molecular formula is C30H26BrNO2. The van der Waals surface area contributed by atoms with Crippen LogP contribution in [0.5, 0.6) is 0 Å². The van der Waals surface area contributed by atoms with Gasteiger partial charge in [-0.05, 0) is 71.6 Å². The second-order valence-electron chi connectivity index (χ2n) is 9.77. The van der Waals surface area contributed by atoms with Crippen LogP contribution in [0.1, 0.15) is 41.9 Å². The van der Waals surface area contributed by atoms with Gasteiger partial charge in [0.25, 0.3) is 0 Å². The van der Waals surface area contributed by atoms with Crippen molar-refractivity contribution < 1.29 is 9.59 Å². The lowest BCUT2D eigenvalue weighted by molar-refractivity contribution is -0.130. The molecule has 1 spiro atoms. The maximum atomic E-state index is 14.2. The van der Waals surface area contributed by atoms with Crippen molar-refractivity contribution in [3.8, 4) is 0 Å². The molecule has 0 aromatic heterocycles. The molecule has 34 heavy (non-hydrogen) atoms. The molecule has 1 aliphatic heterocycles. The van der Waals surface area contributed by atoms with Crippen LogP contribution in [0, 0.1) is 17.8 Å². The Labute approximate surface area is 208 Å². The zero-order valence-electron chi connectivity index (χ0n) is 18.8. The first-order chi connectivity index (χ1) is 16.6. The van der Waals surface area contributed by atoms with E-state index >= 15 is 0 Å². The van der Waals surface area contributed by atoms with E-state index in [1.165, 1.54) is 5.56 Å². The smallest absolute Gasteiger partial charge is 0.236 e. The van der Waals surface area contributed by atoms with Crippen LogP contribution in [0.4, 0.5) is 5.69 Å². The predicted octanol–water partition coefficient (Wildman–Crippen LogP) is 6.75. The summed E-state index contributed by atoms with van der Waals surface area (Å²) in [4.78, 5) is 28.1. The van der Waals surface area contributed by atoms with E-state index in [2.05, 4.69) is 39.4 Å². The Hall–Kier alpha value is -2.98. The van der Waals surface area contributed by atoms with E-state index in [9.17, 15) is 9.59 Å². The summed E-state index contributed by atoms with van der Waals surface area (Å²) in [5, 5.41) is 3.16. The molecule has 0 radical (unpaired) electrons. The van der Waals surface area contributed by atoms with Gasteiger partial charge >= 0.3 is 0 Å². The summed E-state index contributed by atoms with van der Waals surface area (Å²) >= 11 is 3.63. The van der Waals surface area contributed by atoms with Gasteiger partial charge in [0.2, 0.25) is 5.91 Å². The van der Waals surface area contributed by atoms with Crippen molar-refractivity contribution in [3.05, 3.63) is 106 Å². The van der Waals surface area contributed by atoms with Crippen LogP contribution >= 0.6 is 15.9 Å². The first kappa shape index (κ1) is 21.5. The number of fused-ring (bicyclic) bond motifs is 4. The van der Waals surface area contributed by atoms with E-state index < -0.39 is 11.3 Å². The van der Waals surface area contributed by atoms with E-state index in [0.717, 1.165) is 40.5 Å². The van der Waals surface area contributed by atoms with Crippen molar-refractivity contribution >= 4 is 39.4 Å². The van der Waals surface area contributed by atoms with E-state index in [4.69, 9.17) is 0 Å². The SMILES string of the molecule is O=C(C=Cc1ccccc1)C1C(c2ccccc2)C2CCCC2C12C(=O)Nc1ccc(Br)cc12. The maximum absolute atomic E-state index is 14.2. The highest BCUT2D eigenvalue weighted by molar-refractivity contribution is 9.10. The number of hydrogen-bond donors (Lipinski definition) is 1.